The highest BCUT2D eigenvalue weighted by molar-refractivity contribution is 5.97. The van der Waals surface area contributed by atoms with Gasteiger partial charge in [0.05, 0.1) is 10.9 Å². The Balaban J connectivity index is 1.66. The van der Waals surface area contributed by atoms with E-state index in [2.05, 4.69) is 15.5 Å². The molecule has 1 aliphatic heterocycles. The number of hydrogen-bond acceptors (Lipinski definition) is 6. The maximum Gasteiger partial charge on any atom is 0.261 e. The number of aromatic nitrogens is 4. The van der Waals surface area contributed by atoms with Crippen LogP contribution in [0, 0.1) is 12.8 Å². The van der Waals surface area contributed by atoms with Crippen LogP contribution in [-0.2, 0) is 13.0 Å². The number of nitrogens with one attached hydrogen (secondary N) is 1. The summed E-state index contributed by atoms with van der Waals surface area (Å²) in [5, 5.41) is 7.34. The van der Waals surface area contributed by atoms with E-state index >= 15 is 0 Å². The fraction of sp³-hybridized carbons (Fsp3) is 0.500. The predicted octanol–water partition coefficient (Wildman–Crippen LogP) is 3.33. The minimum absolute atomic E-state index is 0.0229. The van der Waals surface area contributed by atoms with E-state index in [4.69, 9.17) is 9.51 Å². The molecule has 1 amide bonds. The van der Waals surface area contributed by atoms with Crippen molar-refractivity contribution in [2.45, 2.75) is 65.5 Å². The molecular weight excluding hydrogens is 382 g/mol. The number of aryl methyl sites for hydroxylation is 2. The van der Waals surface area contributed by atoms with Crippen LogP contribution in [0.25, 0.3) is 10.9 Å². The summed E-state index contributed by atoms with van der Waals surface area (Å²) in [6.45, 7) is 6.40. The molecule has 1 aliphatic rings. The molecule has 0 fully saturated rings. The van der Waals surface area contributed by atoms with Gasteiger partial charge in [-0.1, -0.05) is 31.8 Å². The molecule has 0 bridgehead atoms. The first kappa shape index (κ1) is 20.3. The Bertz CT molecular complexity index is 1130. The van der Waals surface area contributed by atoms with Crippen LogP contribution >= 0.6 is 0 Å². The summed E-state index contributed by atoms with van der Waals surface area (Å²) < 4.78 is 7.06. The van der Waals surface area contributed by atoms with Gasteiger partial charge in [0, 0.05) is 18.5 Å². The molecule has 8 heteroatoms. The smallest absolute Gasteiger partial charge is 0.261 e. The Morgan fingerprint density at radius 2 is 1.97 bits per heavy atom. The summed E-state index contributed by atoms with van der Waals surface area (Å²) in [6.07, 6.45) is 5.10. The van der Waals surface area contributed by atoms with Gasteiger partial charge >= 0.3 is 0 Å². The summed E-state index contributed by atoms with van der Waals surface area (Å²) in [5.74, 6) is 1.52. The number of hydrogen-bond donors (Lipinski definition) is 1. The van der Waals surface area contributed by atoms with Crippen molar-refractivity contribution in [3.63, 3.8) is 0 Å². The molecule has 1 aromatic carbocycles. The van der Waals surface area contributed by atoms with Gasteiger partial charge < -0.3 is 9.84 Å². The fourth-order valence-electron chi connectivity index (χ4n) is 3.91. The highest BCUT2D eigenvalue weighted by Crippen LogP contribution is 2.22. The third-order valence-electron chi connectivity index (χ3n) is 5.59. The van der Waals surface area contributed by atoms with Gasteiger partial charge in [-0.25, -0.2) is 4.98 Å². The average molecular weight is 409 g/mol. The van der Waals surface area contributed by atoms with E-state index in [1.54, 1.807) is 29.7 Å². The first-order chi connectivity index (χ1) is 14.4. The number of nitrogens with zero attached hydrogens (tertiary/aromatic N) is 4. The molecule has 1 unspecified atom stereocenters. The lowest BCUT2D eigenvalue weighted by atomic mass is 10.0. The normalized spacial score (nSPS) is 15.5. The number of fused-ring (bicyclic) bond motifs is 2. The van der Waals surface area contributed by atoms with Gasteiger partial charge in [-0.3, -0.25) is 14.2 Å². The van der Waals surface area contributed by atoms with Crippen LogP contribution in [0.5, 0.6) is 0 Å². The molecule has 8 nitrogen and oxygen atoms in total. The van der Waals surface area contributed by atoms with Crippen LogP contribution in [0.2, 0.25) is 0 Å². The van der Waals surface area contributed by atoms with Gasteiger partial charge in [-0.15, -0.1) is 0 Å². The van der Waals surface area contributed by atoms with Crippen molar-refractivity contribution in [2.24, 2.45) is 5.92 Å². The van der Waals surface area contributed by atoms with Gasteiger partial charge in [0.25, 0.3) is 11.5 Å². The minimum Gasteiger partial charge on any atom is -0.340 e. The molecule has 2 aromatic heterocycles. The monoisotopic (exact) mass is 409 g/mol. The van der Waals surface area contributed by atoms with Crippen molar-refractivity contribution in [1.29, 1.82) is 0 Å². The van der Waals surface area contributed by atoms with Gasteiger partial charge in [0.1, 0.15) is 11.9 Å². The molecule has 1 atom stereocenters. The van der Waals surface area contributed by atoms with E-state index in [1.165, 1.54) is 0 Å². The molecular formula is C22H27N5O3. The van der Waals surface area contributed by atoms with Crippen molar-refractivity contribution >= 4 is 16.8 Å². The van der Waals surface area contributed by atoms with Gasteiger partial charge in [-0.05, 0) is 43.9 Å². The minimum atomic E-state index is -0.399. The van der Waals surface area contributed by atoms with Crippen LogP contribution in [0.15, 0.2) is 27.5 Å². The van der Waals surface area contributed by atoms with Crippen molar-refractivity contribution < 1.29 is 9.32 Å². The second-order valence-corrected chi connectivity index (χ2v) is 8.26. The van der Waals surface area contributed by atoms with E-state index in [0.717, 1.165) is 37.9 Å². The quantitative estimate of drug-likeness (QED) is 0.709. The fourth-order valence-corrected chi connectivity index (χ4v) is 3.91. The van der Waals surface area contributed by atoms with Gasteiger partial charge in [0.15, 0.2) is 5.82 Å². The molecule has 4 rings (SSSR count). The number of carbonyl (C=O) groups is 1. The zero-order chi connectivity index (χ0) is 21.3. The summed E-state index contributed by atoms with van der Waals surface area (Å²) in [4.78, 5) is 34.9. The number of carbonyl (C=O) groups excluding carboxylic acids is 1. The molecule has 0 aliphatic carbocycles. The maximum atomic E-state index is 13.0. The van der Waals surface area contributed by atoms with Crippen LogP contribution in [0.1, 0.15) is 73.5 Å². The van der Waals surface area contributed by atoms with Gasteiger partial charge in [0.2, 0.25) is 5.89 Å². The van der Waals surface area contributed by atoms with Crippen molar-refractivity contribution in [3.8, 4) is 0 Å². The third-order valence-corrected chi connectivity index (χ3v) is 5.59. The van der Waals surface area contributed by atoms with E-state index in [1.807, 2.05) is 13.8 Å². The summed E-state index contributed by atoms with van der Waals surface area (Å²) in [7, 11) is 0. The molecule has 1 N–H and O–H groups in total. The summed E-state index contributed by atoms with van der Waals surface area (Å²) >= 11 is 0. The lowest BCUT2D eigenvalue weighted by Crippen LogP contribution is -2.32. The Hall–Kier alpha value is -3.03. The van der Waals surface area contributed by atoms with Crippen LogP contribution in [-0.4, -0.2) is 25.6 Å². The Morgan fingerprint density at radius 3 is 2.70 bits per heavy atom. The van der Waals surface area contributed by atoms with Gasteiger partial charge in [-0.2, -0.15) is 4.98 Å². The second-order valence-electron chi connectivity index (χ2n) is 8.26. The summed E-state index contributed by atoms with van der Waals surface area (Å²) in [5.41, 5.74) is 0.992. The van der Waals surface area contributed by atoms with E-state index in [9.17, 15) is 9.59 Å². The number of amides is 1. The first-order valence-electron chi connectivity index (χ1n) is 10.6. The van der Waals surface area contributed by atoms with Crippen molar-refractivity contribution in [2.75, 3.05) is 0 Å². The van der Waals surface area contributed by atoms with Crippen LogP contribution in [0.3, 0.4) is 0 Å². The highest BCUT2D eigenvalue weighted by Gasteiger charge is 2.25. The lowest BCUT2D eigenvalue weighted by Gasteiger charge is -2.19. The largest absolute Gasteiger partial charge is 0.340 e. The maximum absolute atomic E-state index is 13.0. The molecule has 0 saturated heterocycles. The topological polar surface area (TPSA) is 103 Å². The first-order valence-corrected chi connectivity index (χ1v) is 10.6. The number of rotatable bonds is 4. The molecule has 158 valence electrons. The standard InChI is InChI=1S/C22H27N5O3/c1-13(2)19(21-23-14(3)26-30-21)25-20(28)15-9-10-16-17(12-15)24-18-8-6-4-5-7-11-27(18)22(16)29/h9-10,12-13,19H,4-8,11H2,1-3H3,(H,25,28). The Morgan fingerprint density at radius 1 is 1.17 bits per heavy atom. The van der Waals surface area contributed by atoms with Crippen LogP contribution < -0.4 is 10.9 Å². The summed E-state index contributed by atoms with van der Waals surface area (Å²) in [6, 6.07) is 4.67. The Kier molecular flexibility index (Phi) is 5.65. The molecule has 3 aromatic rings. The van der Waals surface area contributed by atoms with E-state index < -0.39 is 6.04 Å². The molecule has 0 saturated carbocycles. The molecule has 3 heterocycles. The SMILES string of the molecule is Cc1noc(C(NC(=O)c2ccc3c(=O)n4c(nc3c2)CCCCCC4)C(C)C)n1. The molecule has 0 radical (unpaired) electrons. The molecule has 30 heavy (non-hydrogen) atoms. The average Bonchev–Trinajstić information content (AvgIpc) is 3.12. The third kappa shape index (κ3) is 3.99. The zero-order valence-electron chi connectivity index (χ0n) is 17.6. The lowest BCUT2D eigenvalue weighted by molar-refractivity contribution is 0.0914. The van der Waals surface area contributed by atoms with Crippen molar-refractivity contribution in [1.82, 2.24) is 25.0 Å². The van der Waals surface area contributed by atoms with Crippen molar-refractivity contribution in [3.05, 3.63) is 51.7 Å². The number of benzene rings is 1. The Labute approximate surface area is 174 Å². The highest BCUT2D eigenvalue weighted by atomic mass is 16.5. The zero-order valence-corrected chi connectivity index (χ0v) is 17.6. The van der Waals surface area contributed by atoms with E-state index in [0.29, 0.717) is 34.7 Å². The molecule has 0 spiro atoms. The predicted molar refractivity (Wildman–Crippen MR) is 112 cm³/mol. The second kappa shape index (κ2) is 8.38. The van der Waals surface area contributed by atoms with E-state index in [-0.39, 0.29) is 17.4 Å². The van der Waals surface area contributed by atoms with Crippen LogP contribution in [0.4, 0.5) is 0 Å².